The first-order chi connectivity index (χ1) is 8.74. The predicted octanol–water partition coefficient (Wildman–Crippen LogP) is 3.33. The van der Waals surface area contributed by atoms with Crippen molar-refractivity contribution >= 4 is 29.0 Å². The summed E-state index contributed by atoms with van der Waals surface area (Å²) in [6.07, 6.45) is 2.79. The van der Waals surface area contributed by atoms with Gasteiger partial charge in [0.25, 0.3) is 0 Å². The Morgan fingerprint density at radius 3 is 3.17 bits per heavy atom. The van der Waals surface area contributed by atoms with Crippen LogP contribution in [0.1, 0.15) is 11.3 Å². The smallest absolute Gasteiger partial charge is 0.232 e. The molecule has 1 heterocycles. The first kappa shape index (κ1) is 14.9. The molecule has 0 atom stereocenters. The highest BCUT2D eigenvalue weighted by Gasteiger charge is 2.09. The van der Waals surface area contributed by atoms with Crippen molar-refractivity contribution in [1.29, 1.82) is 0 Å². The van der Waals surface area contributed by atoms with Gasteiger partial charge in [-0.05, 0) is 36.3 Å². The van der Waals surface area contributed by atoms with E-state index in [-0.39, 0.29) is 5.91 Å². The molecule has 1 amide bonds. The standard InChI is InChI=1S/C14H17NOS2/c1-3-4-5-6-9-17-12-14(16)15(2)11-13-8-7-10-18-13/h5,7-8,10H,1,6,9,11-12H2,2H3. The topological polar surface area (TPSA) is 20.3 Å². The quantitative estimate of drug-likeness (QED) is 0.563. The molecule has 0 saturated heterocycles. The molecule has 0 bridgehead atoms. The van der Waals surface area contributed by atoms with Crippen molar-refractivity contribution in [1.82, 2.24) is 4.90 Å². The zero-order valence-electron chi connectivity index (χ0n) is 10.5. The lowest BCUT2D eigenvalue weighted by molar-refractivity contribution is -0.127. The summed E-state index contributed by atoms with van der Waals surface area (Å²) in [6, 6.07) is 4.06. The van der Waals surface area contributed by atoms with Crippen molar-refractivity contribution in [2.24, 2.45) is 0 Å². The van der Waals surface area contributed by atoms with E-state index >= 15 is 0 Å². The molecule has 96 valence electrons. The maximum Gasteiger partial charge on any atom is 0.232 e. The molecular weight excluding hydrogens is 262 g/mol. The van der Waals surface area contributed by atoms with Gasteiger partial charge in [-0.1, -0.05) is 17.5 Å². The van der Waals surface area contributed by atoms with Gasteiger partial charge >= 0.3 is 0 Å². The summed E-state index contributed by atoms with van der Waals surface area (Å²) < 4.78 is 0. The summed E-state index contributed by atoms with van der Waals surface area (Å²) in [5, 5.41) is 2.03. The third-order valence-electron chi connectivity index (χ3n) is 2.24. The Morgan fingerprint density at radius 2 is 2.50 bits per heavy atom. The van der Waals surface area contributed by atoms with E-state index in [1.165, 1.54) is 4.88 Å². The molecular formula is C14H17NOS2. The van der Waals surface area contributed by atoms with Gasteiger partial charge in [0.1, 0.15) is 0 Å². The monoisotopic (exact) mass is 279 g/mol. The maximum atomic E-state index is 11.8. The third kappa shape index (κ3) is 5.95. The molecule has 0 aromatic carbocycles. The van der Waals surface area contributed by atoms with Crippen LogP contribution in [0.25, 0.3) is 0 Å². The van der Waals surface area contributed by atoms with Crippen LogP contribution in [-0.4, -0.2) is 29.4 Å². The average molecular weight is 279 g/mol. The van der Waals surface area contributed by atoms with Gasteiger partial charge in [-0.2, -0.15) is 11.8 Å². The van der Waals surface area contributed by atoms with Crippen LogP contribution in [-0.2, 0) is 11.3 Å². The number of rotatable bonds is 7. The minimum atomic E-state index is 0.177. The molecule has 0 saturated carbocycles. The Bertz CT molecular complexity index is 440. The minimum absolute atomic E-state index is 0.177. The van der Waals surface area contributed by atoms with Crippen LogP contribution in [0, 0.1) is 0 Å². The van der Waals surface area contributed by atoms with Gasteiger partial charge in [0.2, 0.25) is 5.91 Å². The molecule has 0 unspecified atom stereocenters. The highest BCUT2D eigenvalue weighted by molar-refractivity contribution is 7.99. The fourth-order valence-corrected chi connectivity index (χ4v) is 2.86. The van der Waals surface area contributed by atoms with Crippen LogP contribution in [0.2, 0.25) is 0 Å². The molecule has 18 heavy (non-hydrogen) atoms. The average Bonchev–Trinajstić information content (AvgIpc) is 2.86. The molecule has 0 aliphatic carbocycles. The number of nitrogens with zero attached hydrogens (tertiary/aromatic N) is 1. The summed E-state index contributed by atoms with van der Waals surface area (Å²) in [5.74, 6) is 1.64. The molecule has 0 N–H and O–H groups in total. The summed E-state index contributed by atoms with van der Waals surface area (Å²) >= 11 is 3.32. The van der Waals surface area contributed by atoms with Gasteiger partial charge < -0.3 is 4.90 Å². The van der Waals surface area contributed by atoms with Crippen molar-refractivity contribution in [3.8, 4) is 0 Å². The second-order valence-corrected chi connectivity index (χ2v) is 5.83. The van der Waals surface area contributed by atoms with Gasteiger partial charge in [0.15, 0.2) is 0 Å². The van der Waals surface area contributed by atoms with Crippen molar-refractivity contribution in [3.05, 3.63) is 46.5 Å². The predicted molar refractivity (Wildman–Crippen MR) is 80.0 cm³/mol. The molecule has 0 aliphatic heterocycles. The molecule has 0 aliphatic rings. The number of carbonyl (C=O) groups is 1. The molecule has 0 fully saturated rings. The number of thioether (sulfide) groups is 1. The third-order valence-corrected chi connectivity index (χ3v) is 4.07. The molecule has 0 radical (unpaired) electrons. The summed E-state index contributed by atoms with van der Waals surface area (Å²) in [5.41, 5.74) is 5.37. The lowest BCUT2D eigenvalue weighted by atomic mass is 10.4. The van der Waals surface area contributed by atoms with E-state index in [0.29, 0.717) is 12.3 Å². The number of thiophene rings is 1. The Hall–Kier alpha value is -1.18. The van der Waals surface area contributed by atoms with E-state index in [2.05, 4.69) is 18.0 Å². The van der Waals surface area contributed by atoms with Gasteiger partial charge in [-0.25, -0.2) is 0 Å². The summed E-state index contributed by atoms with van der Waals surface area (Å²) in [7, 11) is 1.85. The van der Waals surface area contributed by atoms with Gasteiger partial charge in [-0.15, -0.1) is 11.3 Å². The van der Waals surface area contributed by atoms with Crippen LogP contribution in [0.4, 0.5) is 0 Å². The van der Waals surface area contributed by atoms with Gasteiger partial charge in [0.05, 0.1) is 12.3 Å². The molecule has 1 aromatic rings. The first-order valence-corrected chi connectivity index (χ1v) is 7.71. The lowest BCUT2D eigenvalue weighted by Crippen LogP contribution is -2.27. The molecule has 2 nitrogen and oxygen atoms in total. The molecule has 1 rings (SSSR count). The van der Waals surface area contributed by atoms with Crippen LogP contribution >= 0.6 is 23.1 Å². The SMILES string of the molecule is C=C=C=CCCSCC(=O)N(C)Cc1cccs1. The summed E-state index contributed by atoms with van der Waals surface area (Å²) in [6.45, 7) is 4.14. The van der Waals surface area contributed by atoms with Crippen LogP contribution in [0.3, 0.4) is 0 Å². The summed E-state index contributed by atoms with van der Waals surface area (Å²) in [4.78, 5) is 14.8. The zero-order chi connectivity index (χ0) is 13.2. The second-order valence-electron chi connectivity index (χ2n) is 3.70. The van der Waals surface area contributed by atoms with Crippen LogP contribution in [0.5, 0.6) is 0 Å². The number of hydrogen-bond acceptors (Lipinski definition) is 3. The van der Waals surface area contributed by atoms with E-state index in [4.69, 9.17) is 0 Å². The second kappa shape index (κ2) is 8.84. The fourth-order valence-electron chi connectivity index (χ4n) is 1.28. The first-order valence-electron chi connectivity index (χ1n) is 5.67. The molecule has 1 aromatic heterocycles. The Labute approximate surface area is 117 Å². The lowest BCUT2D eigenvalue weighted by Gasteiger charge is -2.15. The van der Waals surface area contributed by atoms with E-state index in [0.717, 1.165) is 12.2 Å². The highest BCUT2D eigenvalue weighted by Crippen LogP contribution is 2.12. The highest BCUT2D eigenvalue weighted by atomic mass is 32.2. The van der Waals surface area contributed by atoms with Crippen molar-refractivity contribution in [2.75, 3.05) is 18.6 Å². The fraction of sp³-hybridized carbons (Fsp3) is 0.357. The number of amides is 1. The van der Waals surface area contributed by atoms with Crippen LogP contribution < -0.4 is 0 Å². The number of hydrogen-bond donors (Lipinski definition) is 0. The van der Waals surface area contributed by atoms with E-state index in [9.17, 15) is 4.79 Å². The number of allylic oxidation sites excluding steroid dienone is 1. The van der Waals surface area contributed by atoms with Crippen LogP contribution in [0.15, 0.2) is 41.6 Å². The van der Waals surface area contributed by atoms with Crippen molar-refractivity contribution in [3.63, 3.8) is 0 Å². The van der Waals surface area contributed by atoms with E-state index in [1.807, 2.05) is 30.6 Å². The van der Waals surface area contributed by atoms with E-state index in [1.54, 1.807) is 28.0 Å². The van der Waals surface area contributed by atoms with Crippen molar-refractivity contribution in [2.45, 2.75) is 13.0 Å². The van der Waals surface area contributed by atoms with Gasteiger partial charge in [0, 0.05) is 11.9 Å². The molecule has 4 heteroatoms. The Morgan fingerprint density at radius 1 is 1.67 bits per heavy atom. The van der Waals surface area contributed by atoms with Gasteiger partial charge in [-0.3, -0.25) is 4.79 Å². The normalized spacial score (nSPS) is 9.39. The Kier molecular flexibility index (Phi) is 7.31. The zero-order valence-corrected chi connectivity index (χ0v) is 12.1. The minimum Gasteiger partial charge on any atom is -0.340 e. The van der Waals surface area contributed by atoms with Crippen molar-refractivity contribution < 1.29 is 4.79 Å². The maximum absolute atomic E-state index is 11.8. The number of carbonyl (C=O) groups excluding carboxylic acids is 1. The van der Waals surface area contributed by atoms with E-state index < -0.39 is 0 Å². The molecule has 0 spiro atoms. The Balaban J connectivity index is 2.19. The largest absolute Gasteiger partial charge is 0.340 e.